The number of methoxy groups -OCH3 is 1. The van der Waals surface area contributed by atoms with E-state index >= 15 is 0 Å². The van der Waals surface area contributed by atoms with E-state index in [0.717, 1.165) is 4.47 Å². The summed E-state index contributed by atoms with van der Waals surface area (Å²) in [6.45, 7) is 0.249. The Bertz CT molecular complexity index is 506. The maximum atomic E-state index is 11.9. The van der Waals surface area contributed by atoms with Gasteiger partial charge < -0.3 is 10.5 Å². The lowest BCUT2D eigenvalue weighted by molar-refractivity contribution is -0.123. The van der Waals surface area contributed by atoms with Crippen LogP contribution < -0.4 is 15.4 Å². The van der Waals surface area contributed by atoms with E-state index in [-0.39, 0.29) is 18.9 Å². The first-order valence-corrected chi connectivity index (χ1v) is 6.11. The summed E-state index contributed by atoms with van der Waals surface area (Å²) < 4.78 is 5.93. The molecule has 0 spiro atoms. The van der Waals surface area contributed by atoms with Crippen molar-refractivity contribution in [3.63, 3.8) is 0 Å². The SMILES string of the molecule is COc1cc(Br)cnc1N1CC(C(N)=O)CC1=O. The van der Waals surface area contributed by atoms with Crippen LogP contribution in [0.4, 0.5) is 5.82 Å². The number of carbonyl (C=O) groups is 2. The lowest BCUT2D eigenvalue weighted by atomic mass is 10.1. The first kappa shape index (κ1) is 12.8. The summed E-state index contributed by atoms with van der Waals surface area (Å²) in [4.78, 5) is 28.6. The summed E-state index contributed by atoms with van der Waals surface area (Å²) in [5.74, 6) is -0.223. The zero-order chi connectivity index (χ0) is 13.3. The molecule has 1 fully saturated rings. The van der Waals surface area contributed by atoms with Gasteiger partial charge in [0.25, 0.3) is 0 Å². The summed E-state index contributed by atoms with van der Waals surface area (Å²) in [6.07, 6.45) is 1.69. The Morgan fingerprint density at radius 2 is 2.39 bits per heavy atom. The van der Waals surface area contributed by atoms with Crippen LogP contribution >= 0.6 is 15.9 Å². The minimum absolute atomic E-state index is 0.121. The molecule has 0 saturated carbocycles. The number of aromatic nitrogens is 1. The largest absolute Gasteiger partial charge is 0.493 e. The predicted octanol–water partition coefficient (Wildman–Crippen LogP) is 0.691. The molecule has 2 amide bonds. The summed E-state index contributed by atoms with van der Waals surface area (Å²) in [6, 6.07) is 1.72. The Kier molecular flexibility index (Phi) is 3.51. The average Bonchev–Trinajstić information content (AvgIpc) is 2.71. The van der Waals surface area contributed by atoms with Crippen molar-refractivity contribution in [2.45, 2.75) is 6.42 Å². The molecule has 7 heteroatoms. The molecule has 0 aliphatic carbocycles. The Labute approximate surface area is 112 Å². The number of hydrogen-bond donors (Lipinski definition) is 1. The number of primary amides is 1. The summed E-state index contributed by atoms with van der Waals surface area (Å²) in [7, 11) is 1.50. The number of halogens is 1. The Morgan fingerprint density at radius 3 is 2.94 bits per heavy atom. The molecule has 1 aromatic rings. The van der Waals surface area contributed by atoms with Crippen molar-refractivity contribution in [1.29, 1.82) is 0 Å². The number of carbonyl (C=O) groups excluding carboxylic acids is 2. The van der Waals surface area contributed by atoms with E-state index in [4.69, 9.17) is 10.5 Å². The minimum Gasteiger partial charge on any atom is -0.493 e. The quantitative estimate of drug-likeness (QED) is 0.889. The highest BCUT2D eigenvalue weighted by Gasteiger charge is 2.35. The average molecular weight is 314 g/mol. The number of anilines is 1. The van der Waals surface area contributed by atoms with Crippen LogP contribution in [0.3, 0.4) is 0 Å². The second kappa shape index (κ2) is 4.93. The van der Waals surface area contributed by atoms with Gasteiger partial charge in [0.05, 0.1) is 13.0 Å². The number of hydrogen-bond acceptors (Lipinski definition) is 4. The second-order valence-corrected chi connectivity index (χ2v) is 4.90. The monoisotopic (exact) mass is 313 g/mol. The fourth-order valence-corrected chi connectivity index (χ4v) is 2.18. The molecule has 0 radical (unpaired) electrons. The predicted molar refractivity (Wildman–Crippen MR) is 68.1 cm³/mol. The Hall–Kier alpha value is -1.63. The number of amides is 2. The fraction of sp³-hybridized carbons (Fsp3) is 0.364. The molecule has 1 unspecified atom stereocenters. The summed E-state index contributed by atoms with van der Waals surface area (Å²) >= 11 is 3.28. The molecule has 0 bridgehead atoms. The molecule has 1 aliphatic heterocycles. The standard InChI is InChI=1S/C11H12BrN3O3/c1-18-8-3-7(12)4-14-11(8)15-5-6(10(13)17)2-9(15)16/h3-4,6H,2,5H2,1H3,(H2,13,17). The molecular weight excluding hydrogens is 302 g/mol. The molecule has 18 heavy (non-hydrogen) atoms. The first-order valence-electron chi connectivity index (χ1n) is 5.32. The maximum Gasteiger partial charge on any atom is 0.229 e. The molecule has 2 heterocycles. The van der Waals surface area contributed by atoms with Crippen LogP contribution in [0.1, 0.15) is 6.42 Å². The van der Waals surface area contributed by atoms with Gasteiger partial charge in [0.15, 0.2) is 11.6 Å². The second-order valence-electron chi connectivity index (χ2n) is 3.99. The lowest BCUT2D eigenvalue weighted by Crippen LogP contribution is -2.29. The van der Waals surface area contributed by atoms with E-state index in [9.17, 15) is 9.59 Å². The molecule has 2 rings (SSSR count). The zero-order valence-electron chi connectivity index (χ0n) is 9.72. The van der Waals surface area contributed by atoms with E-state index in [0.29, 0.717) is 11.6 Å². The van der Waals surface area contributed by atoms with Gasteiger partial charge >= 0.3 is 0 Å². The van der Waals surface area contributed by atoms with Crippen LogP contribution in [0.25, 0.3) is 0 Å². The van der Waals surface area contributed by atoms with Gasteiger partial charge in [-0.1, -0.05) is 0 Å². The van der Waals surface area contributed by atoms with E-state index in [1.165, 1.54) is 12.0 Å². The van der Waals surface area contributed by atoms with Gasteiger partial charge in [-0.05, 0) is 22.0 Å². The molecule has 1 aromatic heterocycles. The highest BCUT2D eigenvalue weighted by Crippen LogP contribution is 2.32. The topological polar surface area (TPSA) is 85.5 Å². The smallest absolute Gasteiger partial charge is 0.229 e. The number of pyridine rings is 1. The molecular formula is C11H12BrN3O3. The number of nitrogens with zero attached hydrogens (tertiary/aromatic N) is 2. The van der Waals surface area contributed by atoms with E-state index in [1.807, 2.05) is 0 Å². The number of ether oxygens (including phenoxy) is 1. The highest BCUT2D eigenvalue weighted by atomic mass is 79.9. The van der Waals surface area contributed by atoms with Crippen LogP contribution in [-0.4, -0.2) is 30.5 Å². The van der Waals surface area contributed by atoms with Crippen LogP contribution in [0, 0.1) is 5.92 Å². The van der Waals surface area contributed by atoms with Crippen LogP contribution in [-0.2, 0) is 9.59 Å². The third-order valence-corrected chi connectivity index (χ3v) is 3.24. The van der Waals surface area contributed by atoms with E-state index < -0.39 is 11.8 Å². The summed E-state index contributed by atoms with van der Waals surface area (Å²) in [5, 5.41) is 0. The van der Waals surface area contributed by atoms with Crippen LogP contribution in [0.2, 0.25) is 0 Å². The molecule has 96 valence electrons. The van der Waals surface area contributed by atoms with Crippen molar-refractivity contribution in [3.05, 3.63) is 16.7 Å². The van der Waals surface area contributed by atoms with Crippen molar-refractivity contribution in [2.75, 3.05) is 18.6 Å². The van der Waals surface area contributed by atoms with Crippen molar-refractivity contribution in [3.8, 4) is 5.75 Å². The minimum atomic E-state index is -0.470. The normalized spacial score (nSPS) is 19.1. The maximum absolute atomic E-state index is 11.9. The highest BCUT2D eigenvalue weighted by molar-refractivity contribution is 9.10. The molecule has 1 saturated heterocycles. The Balaban J connectivity index is 2.32. The number of rotatable bonds is 3. The van der Waals surface area contributed by atoms with E-state index in [1.54, 1.807) is 12.3 Å². The van der Waals surface area contributed by atoms with Gasteiger partial charge in [-0.15, -0.1) is 0 Å². The lowest BCUT2D eigenvalue weighted by Gasteiger charge is -2.17. The van der Waals surface area contributed by atoms with Crippen molar-refractivity contribution < 1.29 is 14.3 Å². The third-order valence-electron chi connectivity index (χ3n) is 2.80. The molecule has 0 aromatic carbocycles. The molecule has 2 N–H and O–H groups in total. The molecule has 1 aliphatic rings. The van der Waals surface area contributed by atoms with Gasteiger partial charge in [-0.25, -0.2) is 4.98 Å². The first-order chi connectivity index (χ1) is 8.52. The van der Waals surface area contributed by atoms with Gasteiger partial charge in [-0.3, -0.25) is 14.5 Å². The third kappa shape index (κ3) is 2.31. The van der Waals surface area contributed by atoms with Crippen molar-refractivity contribution in [1.82, 2.24) is 4.98 Å². The molecule has 6 nitrogen and oxygen atoms in total. The van der Waals surface area contributed by atoms with Gasteiger partial charge in [0.2, 0.25) is 11.8 Å². The van der Waals surface area contributed by atoms with E-state index in [2.05, 4.69) is 20.9 Å². The zero-order valence-corrected chi connectivity index (χ0v) is 11.3. The van der Waals surface area contributed by atoms with Crippen LogP contribution in [0.15, 0.2) is 16.7 Å². The van der Waals surface area contributed by atoms with Gasteiger partial charge in [-0.2, -0.15) is 0 Å². The van der Waals surface area contributed by atoms with Crippen LogP contribution in [0.5, 0.6) is 5.75 Å². The number of nitrogens with two attached hydrogens (primary N) is 1. The van der Waals surface area contributed by atoms with Crippen molar-refractivity contribution in [2.24, 2.45) is 11.7 Å². The Morgan fingerprint density at radius 1 is 1.67 bits per heavy atom. The van der Waals surface area contributed by atoms with Crippen molar-refractivity contribution >= 4 is 33.6 Å². The molecule has 1 atom stereocenters. The fourth-order valence-electron chi connectivity index (χ4n) is 1.87. The summed E-state index contributed by atoms with van der Waals surface area (Å²) in [5.41, 5.74) is 5.22. The van der Waals surface area contributed by atoms with Gasteiger partial charge in [0, 0.05) is 23.6 Å². The van der Waals surface area contributed by atoms with Gasteiger partial charge in [0.1, 0.15) is 0 Å².